The van der Waals surface area contributed by atoms with Gasteiger partial charge in [-0.3, -0.25) is 9.78 Å². The quantitative estimate of drug-likeness (QED) is 0.727. The molecule has 0 radical (unpaired) electrons. The lowest BCUT2D eigenvalue weighted by Gasteiger charge is -2.12. The van der Waals surface area contributed by atoms with E-state index in [4.69, 9.17) is 4.74 Å². The van der Waals surface area contributed by atoms with Crippen LogP contribution in [0.15, 0.2) is 67.0 Å². The van der Waals surface area contributed by atoms with E-state index in [1.807, 2.05) is 55.5 Å². The number of aromatic nitrogens is 1. The molecule has 0 aliphatic carbocycles. The smallest absolute Gasteiger partial charge is 0.257 e. The summed E-state index contributed by atoms with van der Waals surface area (Å²) in [7, 11) is 1.58. The van der Waals surface area contributed by atoms with Crippen molar-refractivity contribution in [1.29, 1.82) is 0 Å². The van der Waals surface area contributed by atoms with Crippen LogP contribution in [0.4, 0.5) is 17.1 Å². The number of aryl methyl sites for hydroxylation is 1. The maximum absolute atomic E-state index is 12.6. The average molecular weight is 333 g/mol. The van der Waals surface area contributed by atoms with Crippen molar-refractivity contribution >= 4 is 23.0 Å². The first-order valence-corrected chi connectivity index (χ1v) is 7.89. The van der Waals surface area contributed by atoms with Crippen molar-refractivity contribution in [1.82, 2.24) is 4.98 Å². The molecule has 126 valence electrons. The number of pyridine rings is 1. The summed E-state index contributed by atoms with van der Waals surface area (Å²) in [5.41, 5.74) is 3.81. The molecule has 0 saturated carbocycles. The van der Waals surface area contributed by atoms with Gasteiger partial charge >= 0.3 is 0 Å². The Kier molecular flexibility index (Phi) is 4.95. The van der Waals surface area contributed by atoms with Gasteiger partial charge in [0.1, 0.15) is 5.75 Å². The van der Waals surface area contributed by atoms with Gasteiger partial charge in [-0.05, 0) is 42.8 Å². The van der Waals surface area contributed by atoms with Crippen molar-refractivity contribution < 1.29 is 9.53 Å². The molecule has 1 aromatic heterocycles. The molecule has 25 heavy (non-hydrogen) atoms. The molecule has 5 heteroatoms. The highest BCUT2D eigenvalue weighted by molar-refractivity contribution is 6.05. The number of nitrogens with zero attached hydrogens (tertiary/aromatic N) is 1. The van der Waals surface area contributed by atoms with Gasteiger partial charge in [0.05, 0.1) is 30.2 Å². The molecule has 0 unspecified atom stereocenters. The van der Waals surface area contributed by atoms with E-state index in [1.54, 1.807) is 19.4 Å². The SMILES string of the molecule is COc1ccc(C)cc1NC(=O)c1cncc(Nc2ccccc2)c1. The Morgan fingerprint density at radius 1 is 1.00 bits per heavy atom. The number of anilines is 3. The first kappa shape index (κ1) is 16.5. The molecular weight excluding hydrogens is 314 g/mol. The first-order chi connectivity index (χ1) is 12.2. The van der Waals surface area contributed by atoms with Gasteiger partial charge in [0, 0.05) is 11.9 Å². The van der Waals surface area contributed by atoms with E-state index in [-0.39, 0.29) is 5.91 Å². The molecule has 2 aromatic carbocycles. The van der Waals surface area contributed by atoms with Gasteiger partial charge in [-0.25, -0.2) is 0 Å². The third-order valence-electron chi connectivity index (χ3n) is 3.67. The van der Waals surface area contributed by atoms with Gasteiger partial charge in [0.25, 0.3) is 5.91 Å². The zero-order valence-electron chi connectivity index (χ0n) is 14.1. The number of rotatable bonds is 5. The highest BCUT2D eigenvalue weighted by atomic mass is 16.5. The number of amides is 1. The molecule has 1 heterocycles. The summed E-state index contributed by atoms with van der Waals surface area (Å²) in [6.45, 7) is 1.96. The number of carbonyl (C=O) groups is 1. The Balaban J connectivity index is 1.79. The van der Waals surface area contributed by atoms with Crippen LogP contribution in [-0.2, 0) is 0 Å². The summed E-state index contributed by atoms with van der Waals surface area (Å²) in [6, 6.07) is 17.1. The summed E-state index contributed by atoms with van der Waals surface area (Å²) in [4.78, 5) is 16.7. The Morgan fingerprint density at radius 2 is 1.80 bits per heavy atom. The Bertz CT molecular complexity index is 879. The molecule has 2 N–H and O–H groups in total. The monoisotopic (exact) mass is 333 g/mol. The lowest BCUT2D eigenvalue weighted by atomic mass is 10.2. The number of para-hydroxylation sites is 1. The van der Waals surface area contributed by atoms with E-state index >= 15 is 0 Å². The van der Waals surface area contributed by atoms with Crippen LogP contribution >= 0.6 is 0 Å². The minimum Gasteiger partial charge on any atom is -0.495 e. The molecule has 0 aliphatic rings. The Morgan fingerprint density at radius 3 is 2.56 bits per heavy atom. The van der Waals surface area contributed by atoms with Crippen LogP contribution in [-0.4, -0.2) is 18.0 Å². The topological polar surface area (TPSA) is 63.2 Å². The molecule has 0 atom stereocenters. The predicted molar refractivity (Wildman–Crippen MR) is 99.6 cm³/mol. The summed E-state index contributed by atoms with van der Waals surface area (Å²) < 4.78 is 5.30. The van der Waals surface area contributed by atoms with Gasteiger partial charge in [0.2, 0.25) is 0 Å². The Hall–Kier alpha value is -3.34. The number of methoxy groups -OCH3 is 1. The zero-order valence-corrected chi connectivity index (χ0v) is 14.1. The van der Waals surface area contributed by atoms with E-state index in [9.17, 15) is 4.79 Å². The van der Waals surface area contributed by atoms with Gasteiger partial charge in [-0.15, -0.1) is 0 Å². The Labute approximate surface area is 146 Å². The van der Waals surface area contributed by atoms with Crippen molar-refractivity contribution in [3.8, 4) is 5.75 Å². The normalized spacial score (nSPS) is 10.2. The predicted octanol–water partition coefficient (Wildman–Crippen LogP) is 4.39. The average Bonchev–Trinajstić information content (AvgIpc) is 2.63. The van der Waals surface area contributed by atoms with Crippen LogP contribution < -0.4 is 15.4 Å². The second-order valence-corrected chi connectivity index (χ2v) is 5.61. The molecule has 5 nitrogen and oxygen atoms in total. The van der Waals surface area contributed by atoms with Crippen molar-refractivity contribution in [3.63, 3.8) is 0 Å². The largest absolute Gasteiger partial charge is 0.495 e. The van der Waals surface area contributed by atoms with Crippen LogP contribution in [0.5, 0.6) is 5.75 Å². The van der Waals surface area contributed by atoms with Gasteiger partial charge in [-0.2, -0.15) is 0 Å². The second-order valence-electron chi connectivity index (χ2n) is 5.61. The molecular formula is C20H19N3O2. The molecule has 1 amide bonds. The fourth-order valence-electron chi connectivity index (χ4n) is 2.43. The maximum atomic E-state index is 12.6. The van der Waals surface area contributed by atoms with Crippen molar-refractivity contribution in [2.75, 3.05) is 17.7 Å². The third kappa shape index (κ3) is 4.14. The molecule has 3 aromatic rings. The summed E-state index contributed by atoms with van der Waals surface area (Å²) in [6.07, 6.45) is 3.21. The van der Waals surface area contributed by atoms with Crippen LogP contribution in [0.1, 0.15) is 15.9 Å². The van der Waals surface area contributed by atoms with Gasteiger partial charge in [-0.1, -0.05) is 24.3 Å². The summed E-state index contributed by atoms with van der Waals surface area (Å²) >= 11 is 0. The molecule has 0 aliphatic heterocycles. The fourth-order valence-corrected chi connectivity index (χ4v) is 2.43. The maximum Gasteiger partial charge on any atom is 0.257 e. The van der Waals surface area contributed by atoms with Crippen LogP contribution in [0, 0.1) is 6.92 Å². The molecule has 0 fully saturated rings. The zero-order chi connectivity index (χ0) is 17.6. The van der Waals surface area contributed by atoms with Gasteiger partial charge < -0.3 is 15.4 Å². The van der Waals surface area contributed by atoms with E-state index in [1.165, 1.54) is 6.20 Å². The minimum atomic E-state index is -0.242. The van der Waals surface area contributed by atoms with Crippen molar-refractivity contribution in [2.24, 2.45) is 0 Å². The lowest BCUT2D eigenvalue weighted by molar-refractivity contribution is 0.102. The summed E-state index contributed by atoms with van der Waals surface area (Å²) in [5, 5.41) is 6.11. The minimum absolute atomic E-state index is 0.242. The van der Waals surface area contributed by atoms with E-state index in [2.05, 4.69) is 15.6 Å². The molecule has 3 rings (SSSR count). The van der Waals surface area contributed by atoms with E-state index in [0.717, 1.165) is 16.9 Å². The number of carbonyl (C=O) groups excluding carboxylic acids is 1. The molecule has 0 bridgehead atoms. The van der Waals surface area contributed by atoms with Crippen molar-refractivity contribution in [3.05, 3.63) is 78.1 Å². The van der Waals surface area contributed by atoms with Crippen LogP contribution in [0.25, 0.3) is 0 Å². The standard InChI is InChI=1S/C20H19N3O2/c1-14-8-9-19(25-2)18(10-14)23-20(24)15-11-17(13-21-12-15)22-16-6-4-3-5-7-16/h3-13,22H,1-2H3,(H,23,24). The summed E-state index contributed by atoms with van der Waals surface area (Å²) in [5.74, 6) is 0.374. The highest BCUT2D eigenvalue weighted by Gasteiger charge is 2.11. The molecule has 0 saturated heterocycles. The van der Waals surface area contributed by atoms with Crippen molar-refractivity contribution in [2.45, 2.75) is 6.92 Å². The first-order valence-electron chi connectivity index (χ1n) is 7.89. The fraction of sp³-hybridized carbons (Fsp3) is 0.100. The lowest BCUT2D eigenvalue weighted by Crippen LogP contribution is -2.13. The number of hydrogen-bond donors (Lipinski definition) is 2. The number of nitrogens with one attached hydrogen (secondary N) is 2. The van der Waals surface area contributed by atoms with Gasteiger partial charge in [0.15, 0.2) is 0 Å². The highest BCUT2D eigenvalue weighted by Crippen LogP contribution is 2.26. The van der Waals surface area contributed by atoms with E-state index in [0.29, 0.717) is 17.0 Å². The van der Waals surface area contributed by atoms with Crippen LogP contribution in [0.2, 0.25) is 0 Å². The number of hydrogen-bond acceptors (Lipinski definition) is 4. The second kappa shape index (κ2) is 7.49. The third-order valence-corrected chi connectivity index (χ3v) is 3.67. The van der Waals surface area contributed by atoms with E-state index < -0.39 is 0 Å². The number of ether oxygens (including phenoxy) is 1. The number of benzene rings is 2. The molecule has 0 spiro atoms. The van der Waals surface area contributed by atoms with Crippen LogP contribution in [0.3, 0.4) is 0 Å².